The van der Waals surface area contributed by atoms with Crippen LogP contribution in [0.25, 0.3) is 0 Å². The van der Waals surface area contributed by atoms with Gasteiger partial charge in [0.05, 0.1) is 51.2 Å². The molecule has 2 atom stereocenters. The minimum absolute atomic E-state index is 0.174. The van der Waals surface area contributed by atoms with E-state index in [1.54, 1.807) is 0 Å². The molecule has 0 aromatic carbocycles. The Balaban J connectivity index is 1.72. The zero-order valence-corrected chi connectivity index (χ0v) is 21.0. The van der Waals surface area contributed by atoms with Crippen molar-refractivity contribution in [2.45, 2.75) is 24.9 Å². The van der Waals surface area contributed by atoms with Gasteiger partial charge < -0.3 is 14.5 Å². The van der Waals surface area contributed by atoms with Crippen molar-refractivity contribution < 1.29 is 23.9 Å². The normalized spacial score (nSPS) is 21.9. The van der Waals surface area contributed by atoms with Crippen molar-refractivity contribution >= 4 is 23.6 Å². The lowest BCUT2D eigenvalue weighted by Gasteiger charge is -2.24. The number of hydrogen-bond donors (Lipinski definition) is 0. The first kappa shape index (κ1) is 27.3. The zero-order chi connectivity index (χ0) is 24.7. The van der Waals surface area contributed by atoms with Gasteiger partial charge in [0, 0.05) is 26.2 Å². The number of imide groups is 2. The molecule has 0 aromatic heterocycles. The van der Waals surface area contributed by atoms with Gasteiger partial charge in [0.15, 0.2) is 0 Å². The maximum absolute atomic E-state index is 12.6. The first-order chi connectivity index (χ1) is 15.5. The molecule has 33 heavy (non-hydrogen) atoms. The second-order valence-corrected chi connectivity index (χ2v) is 9.39. The first-order valence-electron chi connectivity index (χ1n) is 11.5. The van der Waals surface area contributed by atoms with E-state index in [-0.39, 0.29) is 62.8 Å². The Morgan fingerprint density at radius 2 is 1.03 bits per heavy atom. The summed E-state index contributed by atoms with van der Waals surface area (Å²) in [7, 11) is 11.6. The van der Waals surface area contributed by atoms with E-state index in [1.807, 2.05) is 61.9 Å². The molecule has 0 aliphatic carbocycles. The molecule has 2 fully saturated rings. The van der Waals surface area contributed by atoms with Crippen LogP contribution in [0.2, 0.25) is 0 Å². The van der Waals surface area contributed by atoms with Gasteiger partial charge in [0.1, 0.15) is 0 Å². The molecule has 0 bridgehead atoms. The molecule has 2 aliphatic heterocycles. The number of likely N-dealkylation sites (tertiary alicyclic amines) is 2. The maximum Gasteiger partial charge on any atom is 0.247 e. The van der Waals surface area contributed by atoms with Crippen LogP contribution in [0, 0.1) is 0 Å². The molecule has 11 heteroatoms. The average Bonchev–Trinajstić information content (AvgIpc) is 3.19. The lowest BCUT2D eigenvalue weighted by atomic mass is 10.2. The zero-order valence-electron chi connectivity index (χ0n) is 21.0. The fourth-order valence-corrected chi connectivity index (χ4v) is 3.93. The molecule has 2 rings (SSSR count). The Bertz CT molecular complexity index is 657. The fraction of sp³-hybridized carbons (Fsp3) is 0.818. The minimum atomic E-state index is -0.432. The number of rotatable bonds is 14. The minimum Gasteiger partial charge on any atom is -0.378 e. The summed E-state index contributed by atoms with van der Waals surface area (Å²) < 4.78 is 5.57. The number of nitrogens with zero attached hydrogens (tertiary/aromatic N) is 6. The van der Waals surface area contributed by atoms with E-state index in [0.29, 0.717) is 13.1 Å². The van der Waals surface area contributed by atoms with E-state index in [0.717, 1.165) is 13.1 Å². The van der Waals surface area contributed by atoms with Crippen LogP contribution in [0.1, 0.15) is 12.8 Å². The van der Waals surface area contributed by atoms with Gasteiger partial charge in [-0.05, 0) is 42.3 Å². The van der Waals surface area contributed by atoms with E-state index in [4.69, 9.17) is 4.74 Å². The predicted octanol–water partition coefficient (Wildman–Crippen LogP) is -1.76. The van der Waals surface area contributed by atoms with E-state index in [9.17, 15) is 19.2 Å². The molecule has 0 spiro atoms. The van der Waals surface area contributed by atoms with Crippen LogP contribution < -0.4 is 0 Å². The first-order valence-corrected chi connectivity index (χ1v) is 11.5. The van der Waals surface area contributed by atoms with Crippen molar-refractivity contribution in [2.24, 2.45) is 0 Å². The van der Waals surface area contributed by atoms with Crippen LogP contribution in [0.15, 0.2) is 0 Å². The van der Waals surface area contributed by atoms with Crippen LogP contribution >= 0.6 is 0 Å². The molecule has 2 unspecified atom stereocenters. The van der Waals surface area contributed by atoms with Crippen LogP contribution in [0.3, 0.4) is 0 Å². The number of likely N-dealkylation sites (N-methyl/N-ethyl adjacent to an activating group) is 4. The summed E-state index contributed by atoms with van der Waals surface area (Å²) in [4.78, 5) is 60.3. The summed E-state index contributed by atoms with van der Waals surface area (Å²) in [6, 6.07) is -0.863. The lowest BCUT2D eigenvalue weighted by molar-refractivity contribution is -0.140. The van der Waals surface area contributed by atoms with Crippen LogP contribution in [0.4, 0.5) is 0 Å². The monoisotopic (exact) mass is 468 g/mol. The van der Waals surface area contributed by atoms with Crippen molar-refractivity contribution in [2.75, 3.05) is 94.8 Å². The summed E-state index contributed by atoms with van der Waals surface area (Å²) in [5, 5.41) is 0. The smallest absolute Gasteiger partial charge is 0.247 e. The van der Waals surface area contributed by atoms with Gasteiger partial charge in [-0.15, -0.1) is 0 Å². The molecule has 2 saturated heterocycles. The van der Waals surface area contributed by atoms with E-state index >= 15 is 0 Å². The number of hydrogen-bond acceptors (Lipinski definition) is 9. The van der Waals surface area contributed by atoms with E-state index < -0.39 is 12.1 Å². The van der Waals surface area contributed by atoms with E-state index in [1.165, 1.54) is 9.80 Å². The standard InChI is InChI=1S/C22H40N6O5/c1-23(2)7-9-25(5)17-15-19(29)27(21(17)31)11-13-33-14-12-28-20(30)16-18(22(28)32)26(6)10-8-24(3)4/h17-18H,7-16H2,1-6H3. The Kier molecular flexibility index (Phi) is 10.4. The SMILES string of the molecule is CN(C)CCN(C)C1CC(=O)N(CCOCCN2C(=O)CC(N(C)CCN(C)C)C2=O)C1=O. The maximum atomic E-state index is 12.6. The van der Waals surface area contributed by atoms with Crippen molar-refractivity contribution in [1.82, 2.24) is 29.4 Å². The van der Waals surface area contributed by atoms with Crippen molar-refractivity contribution in [3.05, 3.63) is 0 Å². The molecule has 4 amide bonds. The molecule has 2 heterocycles. The Hall–Kier alpha value is -1.92. The molecule has 188 valence electrons. The topological polar surface area (TPSA) is 96.9 Å². The number of carbonyl (C=O) groups excluding carboxylic acids is 4. The summed E-state index contributed by atoms with van der Waals surface area (Å²) in [5.74, 6) is -0.783. The van der Waals surface area contributed by atoms with Gasteiger partial charge in [0.25, 0.3) is 0 Å². The average molecular weight is 469 g/mol. The molecule has 2 aliphatic rings. The van der Waals surface area contributed by atoms with Crippen LogP contribution in [0.5, 0.6) is 0 Å². The van der Waals surface area contributed by atoms with Crippen LogP contribution in [-0.2, 0) is 23.9 Å². The van der Waals surface area contributed by atoms with Crippen molar-refractivity contribution in [3.8, 4) is 0 Å². The fourth-order valence-electron chi connectivity index (χ4n) is 3.93. The lowest BCUT2D eigenvalue weighted by Crippen LogP contribution is -2.43. The molecule has 0 radical (unpaired) electrons. The van der Waals surface area contributed by atoms with Gasteiger partial charge >= 0.3 is 0 Å². The van der Waals surface area contributed by atoms with Gasteiger partial charge in [-0.1, -0.05) is 0 Å². The molecular weight excluding hydrogens is 428 g/mol. The second-order valence-electron chi connectivity index (χ2n) is 9.39. The number of ether oxygens (including phenoxy) is 1. The van der Waals surface area contributed by atoms with Gasteiger partial charge in [-0.25, -0.2) is 0 Å². The molecule has 0 aromatic rings. The third kappa shape index (κ3) is 7.54. The summed E-state index contributed by atoms with van der Waals surface area (Å²) in [6.07, 6.45) is 0.366. The quantitative estimate of drug-likeness (QED) is 0.217. The Labute approximate surface area is 197 Å². The highest BCUT2D eigenvalue weighted by atomic mass is 16.5. The third-order valence-electron chi connectivity index (χ3n) is 6.22. The highest BCUT2D eigenvalue weighted by Gasteiger charge is 2.41. The summed E-state index contributed by atoms with van der Waals surface area (Å²) in [6.45, 7) is 3.70. The molecule has 0 N–H and O–H groups in total. The van der Waals surface area contributed by atoms with Crippen molar-refractivity contribution in [1.29, 1.82) is 0 Å². The Morgan fingerprint density at radius 3 is 1.36 bits per heavy atom. The van der Waals surface area contributed by atoms with Crippen molar-refractivity contribution in [3.63, 3.8) is 0 Å². The largest absolute Gasteiger partial charge is 0.378 e. The molecular formula is C22H40N6O5. The summed E-state index contributed by atoms with van der Waals surface area (Å²) in [5.41, 5.74) is 0. The number of carbonyl (C=O) groups is 4. The predicted molar refractivity (Wildman–Crippen MR) is 123 cm³/mol. The highest BCUT2D eigenvalue weighted by Crippen LogP contribution is 2.19. The number of amides is 4. The van der Waals surface area contributed by atoms with Crippen LogP contribution in [-0.4, -0.2) is 160 Å². The van der Waals surface area contributed by atoms with Gasteiger partial charge in [-0.3, -0.25) is 38.8 Å². The van der Waals surface area contributed by atoms with Gasteiger partial charge in [0.2, 0.25) is 23.6 Å². The third-order valence-corrected chi connectivity index (χ3v) is 6.22. The molecule has 11 nitrogen and oxygen atoms in total. The second kappa shape index (κ2) is 12.5. The summed E-state index contributed by atoms with van der Waals surface area (Å²) >= 11 is 0. The Morgan fingerprint density at radius 1 is 0.667 bits per heavy atom. The van der Waals surface area contributed by atoms with E-state index in [2.05, 4.69) is 0 Å². The molecule has 0 saturated carbocycles. The van der Waals surface area contributed by atoms with Gasteiger partial charge in [-0.2, -0.15) is 0 Å². The highest BCUT2D eigenvalue weighted by molar-refractivity contribution is 6.06.